The Morgan fingerprint density at radius 2 is 1.47 bits per heavy atom. The molecule has 0 aliphatic carbocycles. The summed E-state index contributed by atoms with van der Waals surface area (Å²) in [6.45, 7) is 1.47. The molecular weight excluding hydrogens is 284 g/mol. The van der Waals surface area contributed by atoms with Gasteiger partial charge < -0.3 is 0 Å². The van der Waals surface area contributed by atoms with E-state index in [-0.39, 0.29) is 27.2 Å². The third-order valence-corrected chi connectivity index (χ3v) is 6.34. The van der Waals surface area contributed by atoms with E-state index in [9.17, 15) is 16.8 Å². The summed E-state index contributed by atoms with van der Waals surface area (Å²) < 4.78 is 47.3. The van der Waals surface area contributed by atoms with Crippen molar-refractivity contribution in [2.45, 2.75) is 16.7 Å². The largest absolute Gasteiger partial charge is 0.224 e. The van der Waals surface area contributed by atoms with E-state index < -0.39 is 19.7 Å². The van der Waals surface area contributed by atoms with Crippen molar-refractivity contribution < 1.29 is 16.8 Å². The highest BCUT2D eigenvalue weighted by Crippen LogP contribution is 2.22. The summed E-state index contributed by atoms with van der Waals surface area (Å²) in [5, 5.41) is 0. The molecule has 1 aromatic rings. The minimum absolute atomic E-state index is 0.0666. The molecular formula is C10H13ClO4S2. The number of hydrogen-bond donors (Lipinski definition) is 0. The minimum Gasteiger partial charge on any atom is -0.224 e. The molecule has 7 heteroatoms. The van der Waals surface area contributed by atoms with Gasteiger partial charge in [0.2, 0.25) is 0 Å². The van der Waals surface area contributed by atoms with Crippen molar-refractivity contribution in [1.29, 1.82) is 0 Å². The molecule has 0 N–H and O–H groups in total. The number of alkyl halides is 1. The molecule has 0 radical (unpaired) electrons. The Hall–Kier alpha value is -0.590. The maximum absolute atomic E-state index is 11.9. The molecule has 0 heterocycles. The molecule has 0 saturated carbocycles. The Morgan fingerprint density at radius 1 is 1.00 bits per heavy atom. The monoisotopic (exact) mass is 296 g/mol. The van der Waals surface area contributed by atoms with Crippen LogP contribution in [0.2, 0.25) is 0 Å². The van der Waals surface area contributed by atoms with Gasteiger partial charge in [-0.05, 0) is 12.1 Å². The van der Waals surface area contributed by atoms with E-state index >= 15 is 0 Å². The lowest BCUT2D eigenvalue weighted by Crippen LogP contribution is -2.14. The van der Waals surface area contributed by atoms with Gasteiger partial charge in [-0.1, -0.05) is 19.1 Å². The van der Waals surface area contributed by atoms with Gasteiger partial charge in [0.05, 0.1) is 21.3 Å². The highest BCUT2D eigenvalue weighted by atomic mass is 35.5. The number of halogens is 1. The lowest BCUT2D eigenvalue weighted by atomic mass is 10.4. The fourth-order valence-corrected chi connectivity index (χ4v) is 4.76. The van der Waals surface area contributed by atoms with Gasteiger partial charge in [-0.25, -0.2) is 16.8 Å². The molecule has 0 aliphatic heterocycles. The van der Waals surface area contributed by atoms with Crippen LogP contribution < -0.4 is 0 Å². The third kappa shape index (κ3) is 3.20. The van der Waals surface area contributed by atoms with Crippen LogP contribution in [0.5, 0.6) is 0 Å². The summed E-state index contributed by atoms with van der Waals surface area (Å²) in [6.07, 6.45) is 0. The van der Waals surface area contributed by atoms with E-state index in [1.807, 2.05) is 0 Å². The normalized spacial score (nSPS) is 12.6. The quantitative estimate of drug-likeness (QED) is 0.772. The zero-order valence-corrected chi connectivity index (χ0v) is 11.6. The van der Waals surface area contributed by atoms with Gasteiger partial charge in [0.1, 0.15) is 0 Å². The van der Waals surface area contributed by atoms with Crippen molar-refractivity contribution in [3.63, 3.8) is 0 Å². The summed E-state index contributed by atoms with van der Waals surface area (Å²) in [7, 11) is -7.20. The molecule has 0 bridgehead atoms. The Morgan fingerprint density at radius 3 is 1.88 bits per heavy atom. The second kappa shape index (κ2) is 5.37. The fourth-order valence-electron chi connectivity index (χ4n) is 1.33. The number of rotatable bonds is 5. The van der Waals surface area contributed by atoms with Gasteiger partial charge in [0.25, 0.3) is 0 Å². The first-order valence-corrected chi connectivity index (χ1v) is 8.79. The maximum atomic E-state index is 11.9. The molecule has 0 amide bonds. The van der Waals surface area contributed by atoms with Crippen molar-refractivity contribution in [3.8, 4) is 0 Å². The molecule has 0 spiro atoms. The lowest BCUT2D eigenvalue weighted by Gasteiger charge is -2.09. The van der Waals surface area contributed by atoms with Crippen LogP contribution in [0.1, 0.15) is 6.92 Å². The van der Waals surface area contributed by atoms with Gasteiger partial charge in [-0.3, -0.25) is 0 Å². The molecule has 1 rings (SSSR count). The van der Waals surface area contributed by atoms with E-state index in [1.165, 1.54) is 31.2 Å². The summed E-state index contributed by atoms with van der Waals surface area (Å²) in [5.74, 6) is -0.478. The highest BCUT2D eigenvalue weighted by Gasteiger charge is 2.24. The number of sulfone groups is 2. The summed E-state index contributed by atoms with van der Waals surface area (Å²) >= 11 is 5.41. The van der Waals surface area contributed by atoms with Gasteiger partial charge in [0, 0.05) is 5.88 Å². The second-order valence-electron chi connectivity index (χ2n) is 3.36. The molecule has 4 nitrogen and oxygen atoms in total. The number of benzene rings is 1. The molecule has 0 aliphatic rings. The Bertz CT molecular complexity index is 590. The second-order valence-corrected chi connectivity index (χ2v) is 8.06. The average molecular weight is 297 g/mol. The molecule has 0 aromatic heterocycles. The zero-order valence-electron chi connectivity index (χ0n) is 9.26. The van der Waals surface area contributed by atoms with Crippen LogP contribution in [0.25, 0.3) is 0 Å². The first-order valence-electron chi connectivity index (χ1n) is 4.95. The smallest absolute Gasteiger partial charge is 0.180 e. The van der Waals surface area contributed by atoms with Crippen LogP contribution >= 0.6 is 11.6 Å². The van der Waals surface area contributed by atoms with Crippen LogP contribution in [-0.2, 0) is 19.7 Å². The third-order valence-electron chi connectivity index (χ3n) is 2.25. The van der Waals surface area contributed by atoms with Gasteiger partial charge >= 0.3 is 0 Å². The Kier molecular flexibility index (Phi) is 4.57. The van der Waals surface area contributed by atoms with Crippen molar-refractivity contribution in [1.82, 2.24) is 0 Å². The molecule has 96 valence electrons. The van der Waals surface area contributed by atoms with Crippen molar-refractivity contribution in [2.24, 2.45) is 0 Å². The van der Waals surface area contributed by atoms with Crippen LogP contribution in [0, 0.1) is 0 Å². The molecule has 0 unspecified atom stereocenters. The van der Waals surface area contributed by atoms with Crippen LogP contribution in [0.15, 0.2) is 34.1 Å². The van der Waals surface area contributed by atoms with Gasteiger partial charge in [-0.15, -0.1) is 11.6 Å². The molecule has 0 saturated heterocycles. The highest BCUT2D eigenvalue weighted by molar-refractivity contribution is 7.94. The Labute approximate surface area is 106 Å². The van der Waals surface area contributed by atoms with Crippen LogP contribution in [-0.4, -0.2) is 34.2 Å². The predicted octanol–water partition coefficient (Wildman–Crippen LogP) is 1.49. The lowest BCUT2D eigenvalue weighted by molar-refractivity contribution is 0.584. The van der Waals surface area contributed by atoms with E-state index in [0.717, 1.165) is 0 Å². The zero-order chi connectivity index (χ0) is 13.1. The topological polar surface area (TPSA) is 68.3 Å². The summed E-state index contributed by atoms with van der Waals surface area (Å²) in [5.41, 5.74) is 0. The molecule has 1 aromatic carbocycles. The van der Waals surface area contributed by atoms with Gasteiger partial charge in [0.15, 0.2) is 19.7 Å². The summed E-state index contributed by atoms with van der Waals surface area (Å²) in [4.78, 5) is -0.310. The first-order chi connectivity index (χ1) is 7.85. The molecule has 0 fully saturated rings. The maximum Gasteiger partial charge on any atom is 0.180 e. The van der Waals surface area contributed by atoms with E-state index in [1.54, 1.807) is 0 Å². The fraction of sp³-hybridized carbons (Fsp3) is 0.400. The standard InChI is InChI=1S/C10H13ClO4S2/c1-2-16(12,13)9-5-3-4-6-10(9)17(14,15)8-7-11/h3-6H,2,7-8H2,1H3. The number of hydrogen-bond acceptors (Lipinski definition) is 4. The molecule has 17 heavy (non-hydrogen) atoms. The van der Waals surface area contributed by atoms with Crippen molar-refractivity contribution >= 4 is 31.3 Å². The van der Waals surface area contributed by atoms with E-state index in [0.29, 0.717) is 0 Å². The van der Waals surface area contributed by atoms with Crippen molar-refractivity contribution in [2.75, 3.05) is 17.4 Å². The first kappa shape index (κ1) is 14.5. The van der Waals surface area contributed by atoms with Gasteiger partial charge in [-0.2, -0.15) is 0 Å². The predicted molar refractivity (Wildman–Crippen MR) is 66.9 cm³/mol. The average Bonchev–Trinajstić information content (AvgIpc) is 2.29. The van der Waals surface area contributed by atoms with Crippen LogP contribution in [0.3, 0.4) is 0 Å². The van der Waals surface area contributed by atoms with E-state index in [2.05, 4.69) is 0 Å². The Balaban J connectivity index is 3.48. The van der Waals surface area contributed by atoms with E-state index in [4.69, 9.17) is 11.6 Å². The van der Waals surface area contributed by atoms with Crippen molar-refractivity contribution in [3.05, 3.63) is 24.3 Å². The molecule has 0 atom stereocenters. The van der Waals surface area contributed by atoms with Crippen LogP contribution in [0.4, 0.5) is 0 Å². The SMILES string of the molecule is CCS(=O)(=O)c1ccccc1S(=O)(=O)CCCl. The summed E-state index contributed by atoms with van der Waals surface area (Å²) in [6, 6.07) is 5.60. The minimum atomic E-state index is -3.65.